The van der Waals surface area contributed by atoms with Crippen molar-refractivity contribution in [2.75, 3.05) is 145 Å². The maximum atomic E-state index is 11.6. The van der Waals surface area contributed by atoms with Crippen LogP contribution in [0.15, 0.2) is 0 Å². The van der Waals surface area contributed by atoms with Crippen LogP contribution in [0.25, 0.3) is 0 Å². The third-order valence-electron chi connectivity index (χ3n) is 6.84. The van der Waals surface area contributed by atoms with E-state index < -0.39 is 5.97 Å². The van der Waals surface area contributed by atoms with Crippen LogP contribution in [-0.4, -0.2) is 168 Å². The average Bonchev–Trinajstić information content (AvgIpc) is 3.13. The minimum atomic E-state index is -0.865. The van der Waals surface area contributed by atoms with Crippen molar-refractivity contribution in [3.05, 3.63) is 0 Å². The van der Waals surface area contributed by atoms with Crippen molar-refractivity contribution in [3.8, 4) is 0 Å². The molecule has 308 valence electrons. The number of unbranched alkanes of at least 4 members (excludes halogenated alkanes) is 5. The van der Waals surface area contributed by atoms with Gasteiger partial charge in [0.05, 0.1) is 132 Å². The van der Waals surface area contributed by atoms with E-state index in [1.54, 1.807) is 0 Å². The van der Waals surface area contributed by atoms with Gasteiger partial charge in [0.2, 0.25) is 0 Å². The number of ether oxygens (including phenoxy) is 12. The largest absolute Gasteiger partial charge is 0.481 e. The lowest BCUT2D eigenvalue weighted by Gasteiger charge is -2.09. The number of carbonyl (C=O) groups is 3. The first kappa shape index (κ1) is 50.0. The van der Waals surface area contributed by atoms with Crippen molar-refractivity contribution >= 4 is 17.9 Å². The van der Waals surface area contributed by atoms with Crippen molar-refractivity contribution in [2.24, 2.45) is 0 Å². The monoisotopic (exact) mass is 756 g/mol. The lowest BCUT2D eigenvalue weighted by Crippen LogP contribution is -2.16. The molecule has 0 heterocycles. The van der Waals surface area contributed by atoms with Crippen molar-refractivity contribution in [3.63, 3.8) is 0 Å². The molecule has 0 aromatic rings. The Hall–Kier alpha value is -1.99. The zero-order valence-electron chi connectivity index (χ0n) is 31.7. The van der Waals surface area contributed by atoms with Gasteiger partial charge in [-0.1, -0.05) is 32.6 Å². The molecule has 0 aromatic carbocycles. The van der Waals surface area contributed by atoms with Crippen LogP contribution in [0.3, 0.4) is 0 Å². The van der Waals surface area contributed by atoms with Crippen LogP contribution in [0.4, 0.5) is 0 Å². The van der Waals surface area contributed by atoms with Crippen molar-refractivity contribution in [2.45, 2.75) is 71.1 Å². The summed E-state index contributed by atoms with van der Waals surface area (Å²) in [4.78, 5) is 33.5. The smallest absolute Gasteiger partial charge is 0.305 e. The third kappa shape index (κ3) is 44.2. The molecule has 16 nitrogen and oxygen atoms in total. The number of carbonyl (C=O) groups excluding carboxylic acids is 2. The highest BCUT2D eigenvalue weighted by Gasteiger charge is 2.05. The molecule has 0 amide bonds. The standard InChI is InChI=1S/C36H68O16/c1-2-3-4-5-6-10-35(39)51-32-30-49-28-26-47-24-22-45-20-18-43-16-14-41-12-13-42-15-17-44-19-21-46-23-25-48-27-29-50-31-33-52-36(40)11-8-7-9-34(37)38/h2-33H2,1H3,(H,37,38). The minimum Gasteiger partial charge on any atom is -0.481 e. The summed E-state index contributed by atoms with van der Waals surface area (Å²) < 4.78 is 64.5. The van der Waals surface area contributed by atoms with E-state index in [1.807, 2.05) is 0 Å². The molecule has 0 saturated heterocycles. The molecule has 0 spiro atoms. The van der Waals surface area contributed by atoms with E-state index in [1.165, 1.54) is 19.3 Å². The first-order valence-corrected chi connectivity index (χ1v) is 18.9. The first-order chi connectivity index (χ1) is 25.6. The topological polar surface area (TPSA) is 182 Å². The summed E-state index contributed by atoms with van der Waals surface area (Å²) in [5.41, 5.74) is 0. The highest BCUT2D eigenvalue weighted by molar-refractivity contribution is 5.70. The summed E-state index contributed by atoms with van der Waals surface area (Å²) in [6.45, 7) is 11.5. The molecular weight excluding hydrogens is 688 g/mol. The second kappa shape index (κ2) is 43.4. The van der Waals surface area contributed by atoms with E-state index >= 15 is 0 Å². The van der Waals surface area contributed by atoms with Crippen LogP contribution in [0, 0.1) is 0 Å². The van der Waals surface area contributed by atoms with Gasteiger partial charge in [-0.3, -0.25) is 14.4 Å². The summed E-state index contributed by atoms with van der Waals surface area (Å²) in [5, 5.41) is 8.55. The number of carboxylic acid groups (broad SMARTS) is 1. The van der Waals surface area contributed by atoms with E-state index in [0.717, 1.165) is 12.8 Å². The normalized spacial score (nSPS) is 11.2. The molecule has 0 atom stereocenters. The fourth-order valence-corrected chi connectivity index (χ4v) is 4.07. The maximum Gasteiger partial charge on any atom is 0.305 e. The molecular formula is C36H68O16. The Morgan fingerprint density at radius 1 is 0.327 bits per heavy atom. The Morgan fingerprint density at radius 2 is 0.558 bits per heavy atom. The van der Waals surface area contributed by atoms with Crippen LogP contribution in [0.2, 0.25) is 0 Å². The molecule has 0 saturated carbocycles. The molecule has 1 N–H and O–H groups in total. The van der Waals surface area contributed by atoms with Crippen LogP contribution in [0.1, 0.15) is 71.1 Å². The van der Waals surface area contributed by atoms with Gasteiger partial charge >= 0.3 is 17.9 Å². The maximum absolute atomic E-state index is 11.6. The Bertz CT molecular complexity index is 773. The fraction of sp³-hybridized carbons (Fsp3) is 0.917. The highest BCUT2D eigenvalue weighted by Crippen LogP contribution is 2.05. The second-order valence-corrected chi connectivity index (χ2v) is 11.3. The Morgan fingerprint density at radius 3 is 0.827 bits per heavy atom. The Balaban J connectivity index is 3.13. The van der Waals surface area contributed by atoms with Gasteiger partial charge in [-0.15, -0.1) is 0 Å². The van der Waals surface area contributed by atoms with Gasteiger partial charge in [-0.25, -0.2) is 0 Å². The fourth-order valence-electron chi connectivity index (χ4n) is 4.07. The second-order valence-electron chi connectivity index (χ2n) is 11.3. The Labute approximate surface area is 310 Å². The van der Waals surface area contributed by atoms with Crippen molar-refractivity contribution in [1.29, 1.82) is 0 Å². The van der Waals surface area contributed by atoms with E-state index in [9.17, 15) is 14.4 Å². The van der Waals surface area contributed by atoms with Gasteiger partial charge in [0.1, 0.15) is 13.2 Å². The van der Waals surface area contributed by atoms with E-state index in [-0.39, 0.29) is 44.6 Å². The van der Waals surface area contributed by atoms with Gasteiger partial charge in [0, 0.05) is 19.3 Å². The predicted molar refractivity (Wildman–Crippen MR) is 190 cm³/mol. The summed E-state index contributed by atoms with van der Waals surface area (Å²) in [5.74, 6) is -1.37. The molecule has 0 aliphatic rings. The quantitative estimate of drug-likeness (QED) is 0.0706. The van der Waals surface area contributed by atoms with Gasteiger partial charge in [-0.2, -0.15) is 0 Å². The van der Waals surface area contributed by atoms with Crippen LogP contribution in [0.5, 0.6) is 0 Å². The predicted octanol–water partition coefficient (Wildman–Crippen LogP) is 3.24. The third-order valence-corrected chi connectivity index (χ3v) is 6.84. The van der Waals surface area contributed by atoms with Crippen LogP contribution >= 0.6 is 0 Å². The molecule has 0 bridgehead atoms. The number of hydrogen-bond donors (Lipinski definition) is 1. The molecule has 16 heteroatoms. The number of aliphatic carboxylic acids is 1. The molecule has 0 aliphatic heterocycles. The van der Waals surface area contributed by atoms with Crippen LogP contribution < -0.4 is 0 Å². The molecule has 0 unspecified atom stereocenters. The number of esters is 2. The van der Waals surface area contributed by atoms with Gasteiger partial charge in [-0.05, 0) is 19.3 Å². The average molecular weight is 757 g/mol. The zero-order valence-corrected chi connectivity index (χ0v) is 31.7. The molecule has 52 heavy (non-hydrogen) atoms. The van der Waals surface area contributed by atoms with Gasteiger partial charge in [0.25, 0.3) is 0 Å². The number of hydrogen-bond acceptors (Lipinski definition) is 15. The number of carboxylic acids is 1. The lowest BCUT2D eigenvalue weighted by molar-refractivity contribution is -0.146. The van der Waals surface area contributed by atoms with E-state index in [0.29, 0.717) is 145 Å². The molecule has 0 rings (SSSR count). The van der Waals surface area contributed by atoms with Gasteiger partial charge in [0.15, 0.2) is 0 Å². The highest BCUT2D eigenvalue weighted by atomic mass is 16.6. The zero-order chi connectivity index (χ0) is 37.8. The van der Waals surface area contributed by atoms with Crippen molar-refractivity contribution < 1.29 is 76.3 Å². The van der Waals surface area contributed by atoms with E-state index in [2.05, 4.69) is 6.92 Å². The van der Waals surface area contributed by atoms with Crippen molar-refractivity contribution in [1.82, 2.24) is 0 Å². The summed E-state index contributed by atoms with van der Waals surface area (Å²) in [6.07, 6.45) is 7.25. The molecule has 0 radical (unpaired) electrons. The Kier molecular flexibility index (Phi) is 41.8. The molecule has 0 aromatic heterocycles. The van der Waals surface area contributed by atoms with Gasteiger partial charge < -0.3 is 61.9 Å². The summed E-state index contributed by atoms with van der Waals surface area (Å²) >= 11 is 0. The van der Waals surface area contributed by atoms with Crippen LogP contribution in [-0.2, 0) is 71.2 Å². The molecule has 0 aliphatic carbocycles. The lowest BCUT2D eigenvalue weighted by atomic mass is 10.1. The summed E-state index contributed by atoms with van der Waals surface area (Å²) in [6, 6.07) is 0. The van der Waals surface area contributed by atoms with E-state index in [4.69, 9.17) is 61.9 Å². The number of rotatable bonds is 44. The first-order valence-electron chi connectivity index (χ1n) is 18.9. The SMILES string of the molecule is CCCCCCCC(=O)OCCOCCOCCOCCOCCOCCOCCOCCOCCOCCOCCOC(=O)CCCCC(=O)O. The minimum absolute atomic E-state index is 0.0573. The molecule has 0 fully saturated rings. The summed E-state index contributed by atoms with van der Waals surface area (Å²) in [7, 11) is 0.